The first-order valence-corrected chi connectivity index (χ1v) is 5.12. The molecule has 0 aliphatic heterocycles. The topological polar surface area (TPSA) is 51.8 Å². The van der Waals surface area contributed by atoms with Crippen molar-refractivity contribution in [2.75, 3.05) is 0 Å². The van der Waals surface area contributed by atoms with Gasteiger partial charge in [0.25, 0.3) is 0 Å². The van der Waals surface area contributed by atoms with Crippen molar-refractivity contribution in [3.05, 3.63) is 23.0 Å². The molecule has 2 atom stereocenters. The van der Waals surface area contributed by atoms with Crippen LogP contribution in [-0.4, -0.2) is 10.2 Å². The molecule has 0 aliphatic rings. The second kappa shape index (κ2) is 4.51. The van der Waals surface area contributed by atoms with Gasteiger partial charge in [0.1, 0.15) is 0 Å². The predicted molar refractivity (Wildman–Crippen MR) is 57.9 cm³/mol. The third kappa shape index (κ3) is 2.29. The molecule has 1 rings (SSSR count). The molecule has 0 saturated carbocycles. The Hall–Kier alpha value is -0.960. The molecule has 1 aromatic rings. The number of aromatic nitrogens is 2. The molecule has 3 nitrogen and oxygen atoms in total. The van der Waals surface area contributed by atoms with Gasteiger partial charge in [0.05, 0.1) is 11.4 Å². The Kier molecular flexibility index (Phi) is 3.58. The van der Waals surface area contributed by atoms with Crippen LogP contribution in [0, 0.1) is 19.8 Å². The summed E-state index contributed by atoms with van der Waals surface area (Å²) in [6.45, 7) is 8.23. The van der Waals surface area contributed by atoms with Crippen LogP contribution in [0.4, 0.5) is 0 Å². The summed E-state index contributed by atoms with van der Waals surface area (Å²) < 4.78 is 0. The fraction of sp³-hybridized carbons (Fsp3) is 0.636. The molecule has 0 bridgehead atoms. The number of nitrogens with zero attached hydrogens (tertiary/aromatic N) is 2. The Labute approximate surface area is 85.7 Å². The van der Waals surface area contributed by atoms with Gasteiger partial charge in [0.15, 0.2) is 0 Å². The van der Waals surface area contributed by atoms with Crippen LogP contribution in [-0.2, 0) is 0 Å². The van der Waals surface area contributed by atoms with Crippen LogP contribution in [0.2, 0.25) is 0 Å². The van der Waals surface area contributed by atoms with Crippen LogP contribution >= 0.6 is 0 Å². The van der Waals surface area contributed by atoms with Gasteiger partial charge in [-0.15, -0.1) is 0 Å². The van der Waals surface area contributed by atoms with E-state index in [1.54, 1.807) is 0 Å². The highest BCUT2D eigenvalue weighted by Crippen LogP contribution is 2.23. The lowest BCUT2D eigenvalue weighted by atomic mass is 9.92. The maximum atomic E-state index is 6.15. The zero-order valence-electron chi connectivity index (χ0n) is 9.41. The largest absolute Gasteiger partial charge is 0.324 e. The molecule has 1 aromatic heterocycles. The Morgan fingerprint density at radius 2 is 2.00 bits per heavy atom. The Balaban J connectivity index is 2.99. The van der Waals surface area contributed by atoms with Crippen molar-refractivity contribution in [2.24, 2.45) is 11.7 Å². The van der Waals surface area contributed by atoms with E-state index in [0.29, 0.717) is 5.92 Å². The van der Waals surface area contributed by atoms with Gasteiger partial charge in [-0.3, -0.25) is 0 Å². The average molecular weight is 193 g/mol. The number of hydrogen-bond acceptors (Lipinski definition) is 3. The van der Waals surface area contributed by atoms with E-state index in [2.05, 4.69) is 24.0 Å². The van der Waals surface area contributed by atoms with Crippen molar-refractivity contribution in [1.29, 1.82) is 0 Å². The minimum Gasteiger partial charge on any atom is -0.324 e. The molecule has 2 N–H and O–H groups in total. The van der Waals surface area contributed by atoms with Crippen LogP contribution in [0.15, 0.2) is 6.07 Å². The lowest BCUT2D eigenvalue weighted by Gasteiger charge is -2.19. The maximum Gasteiger partial charge on any atom is 0.0648 e. The highest BCUT2D eigenvalue weighted by atomic mass is 15.1. The molecule has 0 aromatic carbocycles. The van der Waals surface area contributed by atoms with Gasteiger partial charge in [-0.05, 0) is 31.4 Å². The lowest BCUT2D eigenvalue weighted by molar-refractivity contribution is 0.453. The minimum atomic E-state index is 0.0780. The molecule has 14 heavy (non-hydrogen) atoms. The van der Waals surface area contributed by atoms with Gasteiger partial charge < -0.3 is 5.73 Å². The van der Waals surface area contributed by atoms with Crippen molar-refractivity contribution in [3.63, 3.8) is 0 Å². The molecule has 0 radical (unpaired) electrons. The third-order valence-corrected chi connectivity index (χ3v) is 2.76. The second-order valence-electron chi connectivity index (χ2n) is 3.94. The quantitative estimate of drug-likeness (QED) is 0.800. The Morgan fingerprint density at radius 3 is 2.57 bits per heavy atom. The molecule has 3 heteroatoms. The summed E-state index contributed by atoms with van der Waals surface area (Å²) in [5.41, 5.74) is 9.16. The molecule has 0 spiro atoms. The normalized spacial score (nSPS) is 15.2. The highest BCUT2D eigenvalue weighted by Gasteiger charge is 2.16. The molecule has 78 valence electrons. The molecule has 2 unspecified atom stereocenters. The van der Waals surface area contributed by atoms with Gasteiger partial charge in [-0.25, -0.2) is 0 Å². The standard InChI is InChI=1S/C11H19N3/c1-5-7(2)11(12)10-6-8(3)13-14-9(10)4/h6-7,11H,5,12H2,1-4H3. The number of nitrogens with two attached hydrogens (primary N) is 1. The zero-order chi connectivity index (χ0) is 10.7. The zero-order valence-corrected chi connectivity index (χ0v) is 9.41. The van der Waals surface area contributed by atoms with E-state index in [9.17, 15) is 0 Å². The molecule has 1 heterocycles. The number of hydrogen-bond donors (Lipinski definition) is 1. The summed E-state index contributed by atoms with van der Waals surface area (Å²) in [5, 5.41) is 8.09. The monoisotopic (exact) mass is 193 g/mol. The van der Waals surface area contributed by atoms with E-state index in [1.807, 2.05) is 19.9 Å². The maximum absolute atomic E-state index is 6.15. The molecule has 0 saturated heterocycles. The first-order chi connectivity index (χ1) is 6.56. The summed E-state index contributed by atoms with van der Waals surface area (Å²) >= 11 is 0. The molecular formula is C11H19N3. The molecular weight excluding hydrogens is 174 g/mol. The van der Waals surface area contributed by atoms with Gasteiger partial charge in [0, 0.05) is 6.04 Å². The van der Waals surface area contributed by atoms with E-state index < -0.39 is 0 Å². The van der Waals surface area contributed by atoms with Crippen LogP contribution in [0.1, 0.15) is 43.3 Å². The minimum absolute atomic E-state index is 0.0780. The smallest absolute Gasteiger partial charge is 0.0648 e. The Bertz CT molecular complexity index is 309. The van der Waals surface area contributed by atoms with E-state index in [1.165, 1.54) is 0 Å². The average Bonchev–Trinajstić information content (AvgIpc) is 2.19. The third-order valence-electron chi connectivity index (χ3n) is 2.76. The lowest BCUT2D eigenvalue weighted by Crippen LogP contribution is -2.20. The van der Waals surface area contributed by atoms with Gasteiger partial charge in [-0.2, -0.15) is 10.2 Å². The SMILES string of the molecule is CCC(C)C(N)c1cc(C)nnc1C. The fourth-order valence-electron chi connectivity index (χ4n) is 1.47. The van der Waals surface area contributed by atoms with Gasteiger partial charge in [-0.1, -0.05) is 20.3 Å². The van der Waals surface area contributed by atoms with Crippen LogP contribution in [0.25, 0.3) is 0 Å². The summed E-state index contributed by atoms with van der Waals surface area (Å²) in [5.74, 6) is 0.484. The van der Waals surface area contributed by atoms with Crippen LogP contribution < -0.4 is 5.73 Å². The summed E-state index contributed by atoms with van der Waals surface area (Å²) in [7, 11) is 0. The predicted octanol–water partition coefficient (Wildman–Crippen LogP) is 2.14. The van der Waals surface area contributed by atoms with Crippen LogP contribution in [0.5, 0.6) is 0 Å². The number of aryl methyl sites for hydroxylation is 2. The van der Waals surface area contributed by atoms with Gasteiger partial charge >= 0.3 is 0 Å². The Morgan fingerprint density at radius 1 is 1.36 bits per heavy atom. The van der Waals surface area contributed by atoms with Crippen molar-refractivity contribution in [2.45, 2.75) is 40.2 Å². The summed E-state index contributed by atoms with van der Waals surface area (Å²) in [6.07, 6.45) is 1.09. The summed E-state index contributed by atoms with van der Waals surface area (Å²) in [6, 6.07) is 2.12. The number of rotatable bonds is 3. The first-order valence-electron chi connectivity index (χ1n) is 5.12. The van der Waals surface area contributed by atoms with E-state index in [0.717, 1.165) is 23.4 Å². The molecule has 0 aliphatic carbocycles. The van der Waals surface area contributed by atoms with Crippen LogP contribution in [0.3, 0.4) is 0 Å². The second-order valence-corrected chi connectivity index (χ2v) is 3.94. The van der Waals surface area contributed by atoms with E-state index in [4.69, 9.17) is 5.73 Å². The summed E-state index contributed by atoms with van der Waals surface area (Å²) in [4.78, 5) is 0. The van der Waals surface area contributed by atoms with Crippen molar-refractivity contribution < 1.29 is 0 Å². The highest BCUT2D eigenvalue weighted by molar-refractivity contribution is 5.23. The van der Waals surface area contributed by atoms with Gasteiger partial charge in [0.2, 0.25) is 0 Å². The molecule has 0 fully saturated rings. The first kappa shape index (κ1) is 11.1. The van der Waals surface area contributed by atoms with Crippen molar-refractivity contribution >= 4 is 0 Å². The van der Waals surface area contributed by atoms with E-state index in [-0.39, 0.29) is 6.04 Å². The van der Waals surface area contributed by atoms with Crippen molar-refractivity contribution in [1.82, 2.24) is 10.2 Å². The fourth-order valence-corrected chi connectivity index (χ4v) is 1.47. The molecule has 0 amide bonds. The van der Waals surface area contributed by atoms with E-state index >= 15 is 0 Å². The van der Waals surface area contributed by atoms with Crippen molar-refractivity contribution in [3.8, 4) is 0 Å².